The lowest BCUT2D eigenvalue weighted by Crippen LogP contribution is -2.41. The summed E-state index contributed by atoms with van der Waals surface area (Å²) in [5.74, 6) is -1.97. The molecule has 0 heterocycles. The van der Waals surface area contributed by atoms with Gasteiger partial charge in [0.15, 0.2) is 5.41 Å². The van der Waals surface area contributed by atoms with Gasteiger partial charge in [-0.05, 0) is 44.2 Å². The van der Waals surface area contributed by atoms with Crippen molar-refractivity contribution in [3.05, 3.63) is 48.0 Å². The van der Waals surface area contributed by atoms with Gasteiger partial charge in [-0.15, -0.1) is 0 Å². The first-order valence-corrected chi connectivity index (χ1v) is 7.49. The van der Waals surface area contributed by atoms with Crippen LogP contribution >= 0.6 is 0 Å². The molecule has 0 spiro atoms. The van der Waals surface area contributed by atoms with Crippen molar-refractivity contribution in [3.63, 3.8) is 0 Å². The van der Waals surface area contributed by atoms with Gasteiger partial charge in [-0.25, -0.2) is 0 Å². The van der Waals surface area contributed by atoms with E-state index in [1.54, 1.807) is 6.92 Å². The molecule has 0 aromatic heterocycles. The van der Waals surface area contributed by atoms with E-state index in [0.717, 1.165) is 5.56 Å². The molecule has 1 N–H and O–H groups in total. The average molecular weight is 304 g/mol. The molecular weight excluding hydrogens is 280 g/mol. The van der Waals surface area contributed by atoms with Crippen molar-refractivity contribution in [1.82, 2.24) is 0 Å². The summed E-state index contributed by atoms with van der Waals surface area (Å²) in [6.07, 6.45) is 1.38. The van der Waals surface area contributed by atoms with E-state index < -0.39 is 17.4 Å². The van der Waals surface area contributed by atoms with Crippen molar-refractivity contribution in [2.24, 2.45) is 5.41 Å². The Hall–Kier alpha value is -2.10. The number of aryl methyl sites for hydroxylation is 1. The number of esters is 1. The fourth-order valence-corrected chi connectivity index (χ4v) is 1.96. The van der Waals surface area contributed by atoms with Crippen molar-refractivity contribution < 1.29 is 19.4 Å². The van der Waals surface area contributed by atoms with Crippen LogP contribution in [0.1, 0.15) is 39.2 Å². The summed E-state index contributed by atoms with van der Waals surface area (Å²) in [6, 6.07) is 9.69. The van der Waals surface area contributed by atoms with Crippen molar-refractivity contribution in [3.8, 4) is 0 Å². The molecule has 0 fully saturated rings. The molecular formula is C18H24O4. The van der Waals surface area contributed by atoms with Crippen LogP contribution in [0.2, 0.25) is 0 Å². The van der Waals surface area contributed by atoms with Crippen LogP contribution in [0.15, 0.2) is 42.5 Å². The lowest BCUT2D eigenvalue weighted by Gasteiger charge is -2.27. The van der Waals surface area contributed by atoms with Crippen molar-refractivity contribution in [1.29, 1.82) is 0 Å². The first-order valence-electron chi connectivity index (χ1n) is 7.49. The minimum absolute atomic E-state index is 0.312. The third-order valence-corrected chi connectivity index (χ3v) is 3.98. The third-order valence-electron chi connectivity index (χ3n) is 3.98. The Morgan fingerprint density at radius 3 is 2.41 bits per heavy atom. The maximum absolute atomic E-state index is 12.3. The van der Waals surface area contributed by atoms with Crippen LogP contribution in [0, 0.1) is 5.41 Å². The molecule has 0 aliphatic heterocycles. The van der Waals surface area contributed by atoms with Gasteiger partial charge < -0.3 is 9.84 Å². The van der Waals surface area contributed by atoms with Crippen LogP contribution in [0.3, 0.4) is 0 Å². The Bertz CT molecular complexity index is 535. The molecule has 0 aliphatic rings. The van der Waals surface area contributed by atoms with Crippen LogP contribution in [-0.2, 0) is 20.7 Å². The molecule has 2 atom stereocenters. The van der Waals surface area contributed by atoms with E-state index in [0.29, 0.717) is 24.8 Å². The SMILES string of the molecule is C=C(CCc1ccccc1)C(C)(C(=O)O)C(=O)OC(C)CC. The van der Waals surface area contributed by atoms with E-state index in [-0.39, 0.29) is 6.10 Å². The van der Waals surface area contributed by atoms with Crippen molar-refractivity contribution in [2.75, 3.05) is 0 Å². The van der Waals surface area contributed by atoms with E-state index >= 15 is 0 Å². The first-order chi connectivity index (χ1) is 10.3. The van der Waals surface area contributed by atoms with Gasteiger partial charge in [0.2, 0.25) is 0 Å². The average Bonchev–Trinajstić information content (AvgIpc) is 2.52. The molecule has 0 saturated heterocycles. The Kier molecular flexibility index (Phi) is 6.35. The topological polar surface area (TPSA) is 63.6 Å². The number of carboxylic acids is 1. The van der Waals surface area contributed by atoms with Crippen LogP contribution in [-0.4, -0.2) is 23.1 Å². The number of aliphatic carboxylic acids is 1. The number of benzene rings is 1. The largest absolute Gasteiger partial charge is 0.480 e. The van der Waals surface area contributed by atoms with Gasteiger partial charge in [0, 0.05) is 0 Å². The standard InChI is InChI=1S/C18H24O4/c1-5-14(3)22-17(21)18(4,16(19)20)13(2)11-12-15-9-7-6-8-10-15/h6-10,14H,2,5,11-12H2,1,3-4H3,(H,19,20). The smallest absolute Gasteiger partial charge is 0.327 e. The molecule has 4 heteroatoms. The summed E-state index contributed by atoms with van der Waals surface area (Å²) in [4.78, 5) is 23.9. The molecule has 0 radical (unpaired) electrons. The first kappa shape index (κ1) is 18.0. The summed E-state index contributed by atoms with van der Waals surface area (Å²) < 4.78 is 5.22. The number of hydrogen-bond acceptors (Lipinski definition) is 3. The molecule has 0 aliphatic carbocycles. The molecule has 1 rings (SSSR count). The number of carbonyl (C=O) groups is 2. The molecule has 0 saturated carbocycles. The second kappa shape index (κ2) is 7.78. The summed E-state index contributed by atoms with van der Waals surface area (Å²) in [5.41, 5.74) is -0.276. The number of hydrogen-bond donors (Lipinski definition) is 1. The van der Waals surface area contributed by atoms with E-state index in [2.05, 4.69) is 6.58 Å². The molecule has 120 valence electrons. The minimum Gasteiger partial charge on any atom is -0.480 e. The summed E-state index contributed by atoms with van der Waals surface area (Å²) in [5, 5.41) is 9.49. The monoisotopic (exact) mass is 304 g/mol. The highest BCUT2D eigenvalue weighted by Crippen LogP contribution is 2.32. The zero-order valence-corrected chi connectivity index (χ0v) is 13.5. The Morgan fingerprint density at radius 1 is 1.32 bits per heavy atom. The van der Waals surface area contributed by atoms with Gasteiger partial charge in [-0.3, -0.25) is 9.59 Å². The predicted octanol–water partition coefficient (Wildman–Crippen LogP) is 3.61. The zero-order chi connectivity index (χ0) is 16.8. The Morgan fingerprint density at radius 2 is 1.91 bits per heavy atom. The maximum Gasteiger partial charge on any atom is 0.327 e. The number of rotatable bonds is 8. The van der Waals surface area contributed by atoms with E-state index in [4.69, 9.17) is 4.74 Å². The van der Waals surface area contributed by atoms with Crippen molar-refractivity contribution in [2.45, 2.75) is 46.1 Å². The maximum atomic E-state index is 12.3. The number of carboxylic acid groups (broad SMARTS) is 1. The number of ether oxygens (including phenoxy) is 1. The van der Waals surface area contributed by atoms with Gasteiger partial charge in [-0.1, -0.05) is 43.8 Å². The Labute approximate surface area is 131 Å². The van der Waals surface area contributed by atoms with Crippen molar-refractivity contribution >= 4 is 11.9 Å². The van der Waals surface area contributed by atoms with Crippen LogP contribution in [0.5, 0.6) is 0 Å². The fourth-order valence-electron chi connectivity index (χ4n) is 1.96. The molecule has 1 aromatic rings. The summed E-state index contributed by atoms with van der Waals surface area (Å²) >= 11 is 0. The van der Waals surface area contributed by atoms with Crippen LogP contribution in [0.25, 0.3) is 0 Å². The second-order valence-corrected chi connectivity index (χ2v) is 5.64. The van der Waals surface area contributed by atoms with E-state index in [9.17, 15) is 14.7 Å². The third kappa shape index (κ3) is 4.20. The minimum atomic E-state index is -1.71. The van der Waals surface area contributed by atoms with Crippen LogP contribution < -0.4 is 0 Å². The van der Waals surface area contributed by atoms with E-state index in [1.165, 1.54) is 6.92 Å². The highest BCUT2D eigenvalue weighted by molar-refractivity contribution is 6.02. The van der Waals surface area contributed by atoms with Gasteiger partial charge in [0.1, 0.15) is 0 Å². The van der Waals surface area contributed by atoms with Gasteiger partial charge in [-0.2, -0.15) is 0 Å². The normalized spacial score (nSPS) is 14.7. The summed E-state index contributed by atoms with van der Waals surface area (Å²) in [6.45, 7) is 8.82. The molecule has 4 nitrogen and oxygen atoms in total. The van der Waals surface area contributed by atoms with E-state index in [1.807, 2.05) is 37.3 Å². The molecule has 0 bridgehead atoms. The molecule has 2 unspecified atom stereocenters. The van der Waals surface area contributed by atoms with Gasteiger partial charge >= 0.3 is 11.9 Å². The zero-order valence-electron chi connectivity index (χ0n) is 13.5. The molecule has 1 aromatic carbocycles. The van der Waals surface area contributed by atoms with Gasteiger partial charge in [0.05, 0.1) is 6.10 Å². The number of carbonyl (C=O) groups excluding carboxylic acids is 1. The molecule has 22 heavy (non-hydrogen) atoms. The quantitative estimate of drug-likeness (QED) is 0.453. The Balaban J connectivity index is 2.82. The van der Waals surface area contributed by atoms with Gasteiger partial charge in [0.25, 0.3) is 0 Å². The lowest BCUT2D eigenvalue weighted by atomic mass is 9.80. The highest BCUT2D eigenvalue weighted by Gasteiger charge is 2.45. The van der Waals surface area contributed by atoms with Crippen LogP contribution in [0.4, 0.5) is 0 Å². The highest BCUT2D eigenvalue weighted by atomic mass is 16.5. The summed E-state index contributed by atoms with van der Waals surface area (Å²) in [7, 11) is 0. The molecule has 0 amide bonds. The second-order valence-electron chi connectivity index (χ2n) is 5.64. The predicted molar refractivity (Wildman–Crippen MR) is 85.5 cm³/mol. The lowest BCUT2D eigenvalue weighted by molar-refractivity contribution is -0.167. The fraction of sp³-hybridized carbons (Fsp3) is 0.444.